The lowest BCUT2D eigenvalue weighted by Gasteiger charge is -2.31. The molecule has 0 unspecified atom stereocenters. The van der Waals surface area contributed by atoms with Gasteiger partial charge < -0.3 is 16.8 Å². The Morgan fingerprint density at radius 1 is 1.10 bits per heavy atom. The van der Waals surface area contributed by atoms with Crippen LogP contribution in [0, 0.1) is 0 Å². The minimum atomic E-state index is -0.746. The van der Waals surface area contributed by atoms with Gasteiger partial charge in [0.05, 0.1) is 12.0 Å². The summed E-state index contributed by atoms with van der Waals surface area (Å²) >= 11 is 0. The number of anilines is 1. The molecule has 21 heavy (non-hydrogen) atoms. The van der Waals surface area contributed by atoms with Crippen molar-refractivity contribution in [3.8, 4) is 0 Å². The molecular weight excluding hydrogens is 290 g/mol. The van der Waals surface area contributed by atoms with Gasteiger partial charge in [-0.3, -0.25) is 9.59 Å². The molecule has 1 aromatic rings. The second-order valence-corrected chi connectivity index (χ2v) is 5.51. The molecule has 1 aromatic carbocycles. The van der Waals surface area contributed by atoms with Crippen molar-refractivity contribution >= 4 is 29.9 Å². The number of nitrogens with one attached hydrogen (secondary N) is 1. The maximum atomic E-state index is 12.2. The molecule has 2 rings (SSSR count). The van der Waals surface area contributed by atoms with Crippen LogP contribution in [0.5, 0.6) is 0 Å². The molecule has 2 amide bonds. The molecule has 0 aliphatic heterocycles. The zero-order valence-electron chi connectivity index (χ0n) is 11.9. The van der Waals surface area contributed by atoms with Crippen LogP contribution in [0.4, 0.5) is 5.69 Å². The van der Waals surface area contributed by atoms with E-state index >= 15 is 0 Å². The maximum absolute atomic E-state index is 12.2. The molecule has 0 saturated heterocycles. The van der Waals surface area contributed by atoms with Crippen LogP contribution < -0.4 is 16.8 Å². The fourth-order valence-electron chi connectivity index (χ4n) is 2.57. The third-order valence-corrected chi connectivity index (χ3v) is 3.79. The third kappa shape index (κ3) is 4.72. The van der Waals surface area contributed by atoms with Crippen molar-refractivity contribution in [2.24, 2.45) is 11.5 Å². The summed E-state index contributed by atoms with van der Waals surface area (Å²) < 4.78 is 0. The molecule has 0 atom stereocenters. The lowest BCUT2D eigenvalue weighted by molar-refractivity contribution is -0.122. The van der Waals surface area contributed by atoms with E-state index in [-0.39, 0.29) is 30.6 Å². The fourth-order valence-corrected chi connectivity index (χ4v) is 2.57. The Morgan fingerprint density at radius 2 is 1.67 bits per heavy atom. The Morgan fingerprint density at radius 3 is 2.19 bits per heavy atom. The van der Waals surface area contributed by atoms with Gasteiger partial charge in [0.2, 0.25) is 11.8 Å². The summed E-state index contributed by atoms with van der Waals surface area (Å²) in [6.07, 6.45) is 4.82. The van der Waals surface area contributed by atoms with Crippen molar-refractivity contribution in [2.75, 3.05) is 5.32 Å². The monoisotopic (exact) mass is 311 g/mol. The van der Waals surface area contributed by atoms with Crippen LogP contribution in [0.15, 0.2) is 24.3 Å². The van der Waals surface area contributed by atoms with Crippen molar-refractivity contribution in [3.05, 3.63) is 29.8 Å². The number of carbonyl (C=O) groups is 2. The van der Waals surface area contributed by atoms with Gasteiger partial charge in [-0.1, -0.05) is 31.4 Å². The standard InChI is InChI=1S/C15H21N3O2.ClH/c16-13(19)10-11-4-6-12(7-5-11)18-14(20)15(17)8-2-1-3-9-15;/h4-7H,1-3,8-10,17H2,(H2,16,19)(H,18,20);1H. The highest BCUT2D eigenvalue weighted by Crippen LogP contribution is 2.27. The lowest BCUT2D eigenvalue weighted by atomic mass is 9.82. The SMILES string of the molecule is Cl.NC(=O)Cc1ccc(NC(=O)C2(N)CCCCC2)cc1. The van der Waals surface area contributed by atoms with Crippen LogP contribution in [-0.2, 0) is 16.0 Å². The summed E-state index contributed by atoms with van der Waals surface area (Å²) in [5.74, 6) is -0.496. The molecular formula is C15H22ClN3O2. The largest absolute Gasteiger partial charge is 0.369 e. The summed E-state index contributed by atoms with van der Waals surface area (Å²) in [6, 6.07) is 7.10. The number of hydrogen-bond donors (Lipinski definition) is 3. The molecule has 5 nitrogen and oxygen atoms in total. The minimum Gasteiger partial charge on any atom is -0.369 e. The Balaban J connectivity index is 0.00000220. The molecule has 6 heteroatoms. The zero-order valence-corrected chi connectivity index (χ0v) is 12.7. The molecule has 1 saturated carbocycles. The van der Waals surface area contributed by atoms with Crippen LogP contribution in [-0.4, -0.2) is 17.4 Å². The van der Waals surface area contributed by atoms with E-state index in [0.29, 0.717) is 5.69 Å². The van der Waals surface area contributed by atoms with E-state index in [2.05, 4.69) is 5.32 Å². The number of nitrogens with two attached hydrogens (primary N) is 2. The molecule has 0 spiro atoms. The first-order valence-corrected chi connectivity index (χ1v) is 6.97. The van der Waals surface area contributed by atoms with E-state index in [0.717, 1.165) is 37.7 Å². The van der Waals surface area contributed by atoms with Crippen molar-refractivity contribution in [1.82, 2.24) is 0 Å². The van der Waals surface area contributed by atoms with Gasteiger partial charge in [0.1, 0.15) is 0 Å². The van der Waals surface area contributed by atoms with E-state index < -0.39 is 5.54 Å². The topological polar surface area (TPSA) is 98.2 Å². The van der Waals surface area contributed by atoms with Gasteiger partial charge in [0.15, 0.2) is 0 Å². The van der Waals surface area contributed by atoms with Gasteiger partial charge in [0, 0.05) is 5.69 Å². The Hall–Kier alpha value is -1.59. The summed E-state index contributed by atoms with van der Waals surface area (Å²) in [5.41, 5.74) is 12.1. The van der Waals surface area contributed by atoms with Gasteiger partial charge >= 0.3 is 0 Å². The first-order chi connectivity index (χ1) is 9.49. The number of halogens is 1. The highest BCUT2D eigenvalue weighted by atomic mass is 35.5. The van der Waals surface area contributed by atoms with Crippen LogP contribution in [0.1, 0.15) is 37.7 Å². The molecule has 116 valence electrons. The number of primary amides is 1. The van der Waals surface area contributed by atoms with E-state index in [1.54, 1.807) is 24.3 Å². The molecule has 1 aliphatic rings. The molecule has 0 radical (unpaired) electrons. The van der Waals surface area contributed by atoms with Gasteiger partial charge in [-0.15, -0.1) is 12.4 Å². The number of carbonyl (C=O) groups excluding carboxylic acids is 2. The zero-order chi connectivity index (χ0) is 14.6. The Bertz CT molecular complexity index is 496. The highest BCUT2D eigenvalue weighted by Gasteiger charge is 2.35. The quantitative estimate of drug-likeness (QED) is 0.789. The molecule has 0 heterocycles. The van der Waals surface area contributed by atoms with Crippen LogP contribution in [0.25, 0.3) is 0 Å². The molecule has 1 fully saturated rings. The van der Waals surface area contributed by atoms with Gasteiger partial charge in [0.25, 0.3) is 0 Å². The van der Waals surface area contributed by atoms with Crippen LogP contribution >= 0.6 is 12.4 Å². The lowest BCUT2D eigenvalue weighted by Crippen LogP contribution is -2.52. The predicted molar refractivity (Wildman–Crippen MR) is 85.2 cm³/mol. The van der Waals surface area contributed by atoms with Crippen LogP contribution in [0.3, 0.4) is 0 Å². The molecule has 1 aliphatic carbocycles. The van der Waals surface area contributed by atoms with Gasteiger partial charge in [-0.05, 0) is 30.5 Å². The van der Waals surface area contributed by atoms with Crippen molar-refractivity contribution < 1.29 is 9.59 Å². The molecule has 0 bridgehead atoms. The number of hydrogen-bond acceptors (Lipinski definition) is 3. The predicted octanol–water partition coefficient (Wildman–Crippen LogP) is 1.74. The summed E-state index contributed by atoms with van der Waals surface area (Å²) in [4.78, 5) is 23.1. The van der Waals surface area contributed by atoms with Crippen molar-refractivity contribution in [1.29, 1.82) is 0 Å². The Labute approximate surface area is 130 Å². The average molecular weight is 312 g/mol. The molecule has 0 aromatic heterocycles. The smallest absolute Gasteiger partial charge is 0.244 e. The van der Waals surface area contributed by atoms with Crippen LogP contribution in [0.2, 0.25) is 0 Å². The minimum absolute atomic E-state index is 0. The normalized spacial score (nSPS) is 16.6. The van der Waals surface area contributed by atoms with Gasteiger partial charge in [-0.25, -0.2) is 0 Å². The third-order valence-electron chi connectivity index (χ3n) is 3.79. The van der Waals surface area contributed by atoms with E-state index in [9.17, 15) is 9.59 Å². The molecule has 5 N–H and O–H groups in total. The van der Waals surface area contributed by atoms with Crippen molar-refractivity contribution in [3.63, 3.8) is 0 Å². The average Bonchev–Trinajstić information content (AvgIpc) is 2.41. The number of rotatable bonds is 4. The van der Waals surface area contributed by atoms with E-state index in [1.807, 2.05) is 0 Å². The second-order valence-electron chi connectivity index (χ2n) is 5.51. The summed E-state index contributed by atoms with van der Waals surface area (Å²) in [6.45, 7) is 0. The Kier molecular flexibility index (Phi) is 6.18. The van der Waals surface area contributed by atoms with Crippen molar-refractivity contribution in [2.45, 2.75) is 44.1 Å². The first kappa shape index (κ1) is 17.5. The summed E-state index contributed by atoms with van der Waals surface area (Å²) in [7, 11) is 0. The van der Waals surface area contributed by atoms with E-state index in [1.165, 1.54) is 0 Å². The van der Waals surface area contributed by atoms with E-state index in [4.69, 9.17) is 11.5 Å². The van der Waals surface area contributed by atoms with Gasteiger partial charge in [-0.2, -0.15) is 0 Å². The first-order valence-electron chi connectivity index (χ1n) is 6.97. The number of amides is 2. The maximum Gasteiger partial charge on any atom is 0.244 e. The number of benzene rings is 1. The summed E-state index contributed by atoms with van der Waals surface area (Å²) in [5, 5.41) is 2.85. The fraction of sp³-hybridized carbons (Fsp3) is 0.467. The highest BCUT2D eigenvalue weighted by molar-refractivity contribution is 5.98. The second kappa shape index (κ2) is 7.43.